The average Bonchev–Trinajstić information content (AvgIpc) is 2.98. The summed E-state index contributed by atoms with van der Waals surface area (Å²) in [6, 6.07) is 24.4. The van der Waals surface area contributed by atoms with Crippen LogP contribution in [-0.2, 0) is 15.6 Å². The highest BCUT2D eigenvalue weighted by Gasteiger charge is 2.23. The third kappa shape index (κ3) is 5.76. The summed E-state index contributed by atoms with van der Waals surface area (Å²) in [6.07, 6.45) is 1.60. The van der Waals surface area contributed by atoms with E-state index in [1.54, 1.807) is 48.7 Å². The molecule has 0 aliphatic carbocycles. The molecule has 1 saturated heterocycles. The van der Waals surface area contributed by atoms with Crippen LogP contribution >= 0.6 is 0 Å². The zero-order valence-corrected chi connectivity index (χ0v) is 23.3. The van der Waals surface area contributed by atoms with Crippen molar-refractivity contribution < 1.29 is 13.2 Å². The summed E-state index contributed by atoms with van der Waals surface area (Å²) >= 11 is 0. The van der Waals surface area contributed by atoms with Gasteiger partial charge in [-0.05, 0) is 67.9 Å². The van der Waals surface area contributed by atoms with Crippen molar-refractivity contribution in [3.63, 3.8) is 0 Å². The molecular weight excluding hydrogens is 508 g/mol. The fraction of sp³-hybridized carbons (Fsp3) is 0.290. The molecule has 0 unspecified atom stereocenters. The minimum absolute atomic E-state index is 0.0285. The quantitative estimate of drug-likeness (QED) is 0.311. The maximum atomic E-state index is 13.2. The van der Waals surface area contributed by atoms with Crippen LogP contribution < -0.4 is 9.80 Å². The molecule has 0 saturated carbocycles. The molecule has 1 aromatic heterocycles. The molecule has 1 fully saturated rings. The van der Waals surface area contributed by atoms with Crippen molar-refractivity contribution >= 4 is 38.0 Å². The van der Waals surface area contributed by atoms with Crippen LogP contribution in [0.3, 0.4) is 0 Å². The number of sulfone groups is 1. The molecule has 8 heteroatoms. The van der Waals surface area contributed by atoms with Gasteiger partial charge in [-0.3, -0.25) is 9.78 Å². The molecule has 1 aliphatic heterocycles. The number of pyridine rings is 1. The largest absolute Gasteiger partial charge is 0.372 e. The molecule has 3 aromatic carbocycles. The lowest BCUT2D eigenvalue weighted by Gasteiger charge is -2.36. The molecule has 0 atom stereocenters. The highest BCUT2D eigenvalue weighted by molar-refractivity contribution is 7.90. The maximum Gasteiger partial charge on any atom is 0.253 e. The van der Waals surface area contributed by atoms with Crippen LogP contribution in [0.2, 0.25) is 0 Å². The Morgan fingerprint density at radius 1 is 0.846 bits per heavy atom. The number of benzene rings is 3. The summed E-state index contributed by atoms with van der Waals surface area (Å²) in [7, 11) is -3.60. The second-order valence-electron chi connectivity index (χ2n) is 9.76. The Morgan fingerprint density at radius 3 is 2.18 bits per heavy atom. The first-order valence-corrected chi connectivity index (χ1v) is 15.1. The molecule has 4 aromatic rings. The third-order valence-corrected chi connectivity index (χ3v) is 9.11. The number of hydrogen-bond donors (Lipinski definition) is 0. The Hall–Kier alpha value is -3.91. The fourth-order valence-electron chi connectivity index (χ4n) is 5.18. The van der Waals surface area contributed by atoms with Crippen LogP contribution in [0.1, 0.15) is 29.8 Å². The molecule has 1 amide bonds. The summed E-state index contributed by atoms with van der Waals surface area (Å²) in [6.45, 7) is 9.10. The number of piperazine rings is 1. The van der Waals surface area contributed by atoms with E-state index in [4.69, 9.17) is 0 Å². The van der Waals surface area contributed by atoms with Crippen LogP contribution in [0.4, 0.5) is 11.4 Å². The molecule has 202 valence electrons. The number of rotatable bonds is 8. The Kier molecular flexibility index (Phi) is 7.84. The number of hydrogen-bond acceptors (Lipinski definition) is 6. The Labute approximate surface area is 230 Å². The second kappa shape index (κ2) is 11.5. The van der Waals surface area contributed by atoms with Crippen molar-refractivity contribution in [1.29, 1.82) is 0 Å². The van der Waals surface area contributed by atoms with Crippen LogP contribution in [0.25, 0.3) is 10.9 Å². The topological polar surface area (TPSA) is 73.8 Å². The second-order valence-corrected chi connectivity index (χ2v) is 11.7. The molecule has 39 heavy (non-hydrogen) atoms. The zero-order chi connectivity index (χ0) is 27.4. The minimum Gasteiger partial charge on any atom is -0.372 e. The smallest absolute Gasteiger partial charge is 0.253 e. The highest BCUT2D eigenvalue weighted by atomic mass is 32.2. The van der Waals surface area contributed by atoms with E-state index < -0.39 is 9.84 Å². The lowest BCUT2D eigenvalue weighted by atomic mass is 10.1. The Bertz CT molecular complexity index is 1540. The van der Waals surface area contributed by atoms with Gasteiger partial charge in [0.1, 0.15) is 0 Å². The van der Waals surface area contributed by atoms with Crippen LogP contribution in [0.15, 0.2) is 90.0 Å². The van der Waals surface area contributed by atoms with Gasteiger partial charge in [0.15, 0.2) is 9.84 Å². The molecule has 5 rings (SSSR count). The van der Waals surface area contributed by atoms with Crippen LogP contribution in [0.5, 0.6) is 0 Å². The van der Waals surface area contributed by atoms with Crippen molar-refractivity contribution in [1.82, 2.24) is 9.88 Å². The number of aromatic nitrogens is 1. The SMILES string of the molecule is CCN(CC)c1ccc(N2CCN(C(=O)c3ccc(CS(=O)(=O)c4cccc5cccnc45)cc3)CC2)cc1. The van der Waals surface area contributed by atoms with Gasteiger partial charge in [-0.15, -0.1) is 0 Å². The lowest BCUT2D eigenvalue weighted by Crippen LogP contribution is -2.48. The van der Waals surface area contributed by atoms with Crippen LogP contribution in [0, 0.1) is 0 Å². The van der Waals surface area contributed by atoms with E-state index >= 15 is 0 Å². The van der Waals surface area contributed by atoms with Crippen molar-refractivity contribution in [2.45, 2.75) is 24.5 Å². The number of para-hydroxylation sites is 1. The van der Waals surface area contributed by atoms with Gasteiger partial charge in [-0.2, -0.15) is 0 Å². The number of carbonyl (C=O) groups is 1. The number of fused-ring (bicyclic) bond motifs is 1. The summed E-state index contributed by atoms with van der Waals surface area (Å²) in [5.41, 5.74) is 4.08. The monoisotopic (exact) mass is 542 g/mol. The van der Waals surface area contributed by atoms with E-state index in [0.29, 0.717) is 29.7 Å². The fourth-order valence-corrected chi connectivity index (χ4v) is 6.72. The van der Waals surface area contributed by atoms with E-state index in [0.717, 1.165) is 31.6 Å². The van der Waals surface area contributed by atoms with E-state index in [2.05, 4.69) is 52.9 Å². The minimum atomic E-state index is -3.60. The number of nitrogens with zero attached hydrogens (tertiary/aromatic N) is 4. The molecular formula is C31H34N4O3S. The molecule has 7 nitrogen and oxygen atoms in total. The van der Waals surface area contributed by atoms with Crippen LogP contribution in [-0.4, -0.2) is 63.5 Å². The third-order valence-electron chi connectivity index (χ3n) is 7.40. The maximum absolute atomic E-state index is 13.2. The van der Waals surface area contributed by atoms with Gasteiger partial charge in [0.05, 0.1) is 16.2 Å². The number of carbonyl (C=O) groups excluding carboxylic acids is 1. The Morgan fingerprint density at radius 2 is 1.51 bits per heavy atom. The first kappa shape index (κ1) is 26.7. The summed E-state index contributed by atoms with van der Waals surface area (Å²) < 4.78 is 26.4. The number of amides is 1. The molecule has 0 N–H and O–H groups in total. The molecule has 0 bridgehead atoms. The predicted molar refractivity (Wildman–Crippen MR) is 157 cm³/mol. The van der Waals surface area contributed by atoms with Crippen molar-refractivity contribution in [2.24, 2.45) is 0 Å². The zero-order valence-electron chi connectivity index (χ0n) is 22.5. The molecule has 0 spiro atoms. The van der Waals surface area contributed by atoms with Gasteiger partial charge >= 0.3 is 0 Å². The highest BCUT2D eigenvalue weighted by Crippen LogP contribution is 2.25. The van der Waals surface area contributed by atoms with E-state index in [1.807, 2.05) is 17.0 Å². The Balaban J connectivity index is 1.20. The molecule has 0 radical (unpaired) electrons. The standard InChI is InChI=1S/C31H34N4O3S/c1-3-33(4-2)27-14-16-28(17-15-27)34-19-21-35(22-20-34)31(36)26-12-10-24(11-13-26)23-39(37,38)29-9-5-7-25-8-6-18-32-30(25)29/h5-18H,3-4,19-23H2,1-2H3. The average molecular weight is 543 g/mol. The van der Waals surface area contributed by atoms with Gasteiger partial charge in [0.25, 0.3) is 5.91 Å². The molecule has 1 aliphatic rings. The lowest BCUT2D eigenvalue weighted by molar-refractivity contribution is 0.0747. The van der Waals surface area contributed by atoms with Crippen molar-refractivity contribution in [2.75, 3.05) is 49.1 Å². The van der Waals surface area contributed by atoms with Crippen molar-refractivity contribution in [3.8, 4) is 0 Å². The van der Waals surface area contributed by atoms with Crippen molar-refractivity contribution in [3.05, 3.63) is 96.2 Å². The van der Waals surface area contributed by atoms with Gasteiger partial charge in [0.2, 0.25) is 0 Å². The number of anilines is 2. The summed E-state index contributed by atoms with van der Waals surface area (Å²) in [4.78, 5) is 24.2. The van der Waals surface area contributed by atoms with E-state index in [-0.39, 0.29) is 16.6 Å². The predicted octanol–water partition coefficient (Wildman–Crippen LogP) is 5.02. The first-order chi connectivity index (χ1) is 18.9. The molecule has 2 heterocycles. The first-order valence-electron chi connectivity index (χ1n) is 13.4. The summed E-state index contributed by atoms with van der Waals surface area (Å²) in [5, 5.41) is 0.788. The van der Waals surface area contributed by atoms with Gasteiger partial charge in [0, 0.05) is 67.8 Å². The van der Waals surface area contributed by atoms with E-state index in [9.17, 15) is 13.2 Å². The van der Waals surface area contributed by atoms with Gasteiger partial charge in [-0.1, -0.05) is 30.3 Å². The normalized spacial score (nSPS) is 14.0. The van der Waals surface area contributed by atoms with Gasteiger partial charge < -0.3 is 14.7 Å². The van der Waals surface area contributed by atoms with Gasteiger partial charge in [-0.25, -0.2) is 8.42 Å². The van der Waals surface area contributed by atoms with E-state index in [1.165, 1.54) is 11.4 Å². The summed E-state index contributed by atoms with van der Waals surface area (Å²) in [5.74, 6) is -0.178.